The highest BCUT2D eigenvalue weighted by Crippen LogP contribution is 2.23. The molecule has 1 saturated heterocycles. The lowest BCUT2D eigenvalue weighted by Crippen LogP contribution is -3.52. The third kappa shape index (κ3) is 4.16. The lowest BCUT2D eigenvalue weighted by Gasteiger charge is -2.19. The lowest BCUT2D eigenvalue weighted by molar-refractivity contribution is -0.546. The van der Waals surface area contributed by atoms with Gasteiger partial charge in [-0.05, 0) is 32.3 Å². The number of halogens is 1. The molecule has 0 bridgehead atoms. The molecule has 4 heteroatoms. The summed E-state index contributed by atoms with van der Waals surface area (Å²) in [5, 5.41) is 18.9. The summed E-state index contributed by atoms with van der Waals surface area (Å²) in [5.74, 6) is 0. The van der Waals surface area contributed by atoms with Crippen molar-refractivity contribution >= 4 is 0 Å². The Labute approximate surface area is 131 Å². The van der Waals surface area contributed by atoms with E-state index in [0.29, 0.717) is 10.5 Å². The minimum absolute atomic E-state index is 0.0127. The second-order valence-electron chi connectivity index (χ2n) is 5.62. The van der Waals surface area contributed by atoms with Crippen LogP contribution in [0.5, 0.6) is 0 Å². The zero-order valence-corrected chi connectivity index (χ0v) is 14.3. The molecule has 1 aliphatic heterocycles. The molecule has 2 unspecified atom stereocenters. The SMILES string of the molecule is CC(O)CCC(OCc1ccccc1)[C@]1(C)[I+][C@@H]1CO. The Morgan fingerprint density at radius 1 is 1.30 bits per heavy atom. The van der Waals surface area contributed by atoms with Gasteiger partial charge in [0.1, 0.15) is 6.10 Å². The van der Waals surface area contributed by atoms with Crippen molar-refractivity contribution in [2.24, 2.45) is 0 Å². The third-order valence-electron chi connectivity index (χ3n) is 3.86. The second-order valence-corrected chi connectivity index (χ2v) is 10.1. The molecule has 0 saturated carbocycles. The highest BCUT2D eigenvalue weighted by Gasteiger charge is 2.75. The number of benzene rings is 1. The predicted octanol–water partition coefficient (Wildman–Crippen LogP) is -1.04. The summed E-state index contributed by atoms with van der Waals surface area (Å²) in [6.07, 6.45) is 1.50. The van der Waals surface area contributed by atoms with Gasteiger partial charge in [-0.15, -0.1) is 0 Å². The quantitative estimate of drug-likeness (QED) is 0.440. The second kappa shape index (κ2) is 7.20. The fourth-order valence-corrected chi connectivity index (χ4v) is 5.56. The molecular weight excluding hydrogens is 367 g/mol. The standard InChI is InChI=1S/C16H24IO3/c1-12(19)8-9-15(16(2)14(10-18)17-16)20-11-13-6-4-3-5-7-13/h3-7,12,14-15,18-19H,8-11H2,1-2H3/q+1/t12?,14-,15?,16-/m1/s1. The molecule has 1 aromatic rings. The van der Waals surface area contributed by atoms with E-state index in [1.165, 1.54) is 5.56 Å². The van der Waals surface area contributed by atoms with Crippen LogP contribution in [0, 0.1) is 0 Å². The van der Waals surface area contributed by atoms with Crippen LogP contribution in [-0.4, -0.2) is 36.4 Å². The molecule has 2 N–H and O–H groups in total. The van der Waals surface area contributed by atoms with Gasteiger partial charge in [-0.25, -0.2) is 0 Å². The van der Waals surface area contributed by atoms with Gasteiger partial charge in [0.15, 0.2) is 0 Å². The van der Waals surface area contributed by atoms with Crippen molar-refractivity contribution in [1.29, 1.82) is 0 Å². The third-order valence-corrected chi connectivity index (χ3v) is 8.42. The number of hydrogen-bond donors (Lipinski definition) is 2. The van der Waals surface area contributed by atoms with E-state index in [-0.39, 0.29) is 43.4 Å². The van der Waals surface area contributed by atoms with Crippen molar-refractivity contribution in [3.8, 4) is 0 Å². The zero-order valence-electron chi connectivity index (χ0n) is 12.1. The van der Waals surface area contributed by atoms with Crippen LogP contribution in [-0.2, 0) is 11.3 Å². The van der Waals surface area contributed by atoms with Gasteiger partial charge >= 0.3 is 0 Å². The Balaban J connectivity index is 1.93. The average molecular weight is 391 g/mol. The van der Waals surface area contributed by atoms with Crippen molar-refractivity contribution < 1.29 is 36.2 Å². The number of hydrogen-bond acceptors (Lipinski definition) is 3. The first-order valence-electron chi connectivity index (χ1n) is 7.15. The van der Waals surface area contributed by atoms with E-state index in [4.69, 9.17) is 4.74 Å². The van der Waals surface area contributed by atoms with Gasteiger partial charge in [-0.1, -0.05) is 30.3 Å². The average Bonchev–Trinajstić information content (AvgIpc) is 3.11. The normalized spacial score (nSPS) is 28.1. The van der Waals surface area contributed by atoms with Crippen molar-refractivity contribution in [2.45, 2.75) is 52.9 Å². The topological polar surface area (TPSA) is 49.7 Å². The summed E-state index contributed by atoms with van der Waals surface area (Å²) >= 11 is 0.0127. The Hall–Kier alpha value is -0.170. The van der Waals surface area contributed by atoms with Crippen molar-refractivity contribution in [2.75, 3.05) is 6.61 Å². The molecule has 0 radical (unpaired) electrons. The Bertz CT molecular complexity index is 409. The monoisotopic (exact) mass is 391 g/mol. The van der Waals surface area contributed by atoms with E-state index in [2.05, 4.69) is 19.1 Å². The van der Waals surface area contributed by atoms with Crippen LogP contribution in [0.2, 0.25) is 0 Å². The molecule has 112 valence electrons. The molecule has 1 aliphatic rings. The van der Waals surface area contributed by atoms with Gasteiger partial charge < -0.3 is 14.9 Å². The van der Waals surface area contributed by atoms with E-state index < -0.39 is 0 Å². The molecule has 0 amide bonds. The maximum atomic E-state index is 9.50. The number of rotatable bonds is 8. The molecule has 4 atom stereocenters. The van der Waals surface area contributed by atoms with Crippen LogP contribution in [0.1, 0.15) is 32.3 Å². The first-order valence-corrected chi connectivity index (χ1v) is 9.47. The number of alkyl halides is 2. The minimum Gasteiger partial charge on any atom is -0.393 e. The van der Waals surface area contributed by atoms with Crippen LogP contribution >= 0.6 is 0 Å². The number of aliphatic hydroxyl groups excluding tert-OH is 2. The first-order chi connectivity index (χ1) is 9.56. The van der Waals surface area contributed by atoms with Crippen LogP contribution in [0.4, 0.5) is 0 Å². The summed E-state index contributed by atoms with van der Waals surface area (Å²) in [4.78, 5) is 0. The highest BCUT2D eigenvalue weighted by molar-refractivity contribution is 5.13. The smallest absolute Gasteiger partial charge is 0.294 e. The first kappa shape index (κ1) is 16.2. The van der Waals surface area contributed by atoms with E-state index in [1.807, 2.05) is 25.1 Å². The van der Waals surface area contributed by atoms with Gasteiger partial charge in [0.2, 0.25) is 7.35 Å². The summed E-state index contributed by atoms with van der Waals surface area (Å²) in [7, 11) is 0. The van der Waals surface area contributed by atoms with Crippen molar-refractivity contribution in [3.63, 3.8) is 0 Å². The molecule has 1 aromatic carbocycles. The largest absolute Gasteiger partial charge is 0.393 e. The van der Waals surface area contributed by atoms with Crippen molar-refractivity contribution in [1.82, 2.24) is 0 Å². The lowest BCUT2D eigenvalue weighted by atomic mass is 9.96. The number of ether oxygens (including phenoxy) is 1. The van der Waals surface area contributed by atoms with Gasteiger partial charge in [0, 0.05) is 0 Å². The van der Waals surface area contributed by atoms with Crippen LogP contribution in [0.15, 0.2) is 30.3 Å². The molecule has 3 nitrogen and oxygen atoms in total. The van der Waals surface area contributed by atoms with Gasteiger partial charge in [0.25, 0.3) is 21.2 Å². The zero-order chi connectivity index (χ0) is 14.6. The summed E-state index contributed by atoms with van der Waals surface area (Å²) < 4.78 is 6.78. The molecule has 20 heavy (non-hydrogen) atoms. The van der Waals surface area contributed by atoms with Crippen molar-refractivity contribution in [3.05, 3.63) is 35.9 Å². The fraction of sp³-hybridized carbons (Fsp3) is 0.625. The highest BCUT2D eigenvalue weighted by atomic mass is 127. The molecule has 0 aliphatic carbocycles. The predicted molar refractivity (Wildman–Crippen MR) is 75.2 cm³/mol. The molecule has 2 rings (SSSR count). The van der Waals surface area contributed by atoms with Gasteiger partial charge in [-0.3, -0.25) is 0 Å². The summed E-state index contributed by atoms with van der Waals surface area (Å²) in [6.45, 7) is 4.95. The summed E-state index contributed by atoms with van der Waals surface area (Å²) in [6, 6.07) is 10.2. The number of aliphatic hydroxyl groups is 2. The van der Waals surface area contributed by atoms with E-state index in [9.17, 15) is 10.2 Å². The fourth-order valence-electron chi connectivity index (χ4n) is 2.43. The van der Waals surface area contributed by atoms with Gasteiger partial charge in [-0.2, -0.15) is 0 Å². The Kier molecular flexibility index (Phi) is 5.84. The maximum Gasteiger partial charge on any atom is 0.294 e. The van der Waals surface area contributed by atoms with Gasteiger partial charge in [0.05, 0.1) is 19.3 Å². The molecular formula is C16H24IO3+. The van der Waals surface area contributed by atoms with E-state index in [0.717, 1.165) is 12.8 Å². The van der Waals surface area contributed by atoms with Crippen LogP contribution in [0.25, 0.3) is 0 Å². The molecule has 0 aromatic heterocycles. The molecule has 1 heterocycles. The Morgan fingerprint density at radius 2 is 2.00 bits per heavy atom. The van der Waals surface area contributed by atoms with E-state index in [1.54, 1.807) is 0 Å². The summed E-state index contributed by atoms with van der Waals surface area (Å²) in [5.41, 5.74) is 1.18. The molecule has 1 fully saturated rings. The van der Waals surface area contributed by atoms with E-state index >= 15 is 0 Å². The Morgan fingerprint density at radius 3 is 2.55 bits per heavy atom. The maximum absolute atomic E-state index is 9.50. The molecule has 0 spiro atoms. The van der Waals surface area contributed by atoms with Crippen LogP contribution < -0.4 is 21.2 Å². The minimum atomic E-state index is -0.286. The van der Waals surface area contributed by atoms with Crippen LogP contribution in [0.3, 0.4) is 0 Å².